The van der Waals surface area contributed by atoms with Crippen molar-refractivity contribution in [1.82, 2.24) is 5.32 Å². The van der Waals surface area contributed by atoms with Gasteiger partial charge in [0.2, 0.25) is 0 Å². The zero-order valence-corrected chi connectivity index (χ0v) is 6.86. The van der Waals surface area contributed by atoms with Crippen LogP contribution in [0.3, 0.4) is 0 Å². The third-order valence-electron chi connectivity index (χ3n) is 1.51. The van der Waals surface area contributed by atoms with Crippen molar-refractivity contribution in [2.24, 2.45) is 0 Å². The van der Waals surface area contributed by atoms with E-state index in [9.17, 15) is 0 Å². The molecule has 0 aliphatic heterocycles. The van der Waals surface area contributed by atoms with Gasteiger partial charge >= 0.3 is 0 Å². The van der Waals surface area contributed by atoms with E-state index in [1.165, 1.54) is 5.57 Å². The molecular formula is C8H14N2. The van der Waals surface area contributed by atoms with Crippen molar-refractivity contribution >= 4 is 0 Å². The van der Waals surface area contributed by atoms with Crippen LogP contribution in [0.4, 0.5) is 0 Å². The summed E-state index contributed by atoms with van der Waals surface area (Å²) in [6, 6.07) is 2.14. The van der Waals surface area contributed by atoms with Gasteiger partial charge in [-0.2, -0.15) is 5.26 Å². The number of allylic oxidation sites excluding steroid dienone is 1. The minimum atomic E-state index is 0.829. The van der Waals surface area contributed by atoms with Crippen LogP contribution in [-0.4, -0.2) is 13.6 Å². The maximum Gasteiger partial charge on any atom is 0.0944 e. The summed E-state index contributed by atoms with van der Waals surface area (Å²) in [5, 5.41) is 11.6. The Kier molecular flexibility index (Phi) is 4.61. The molecule has 0 heterocycles. The first-order valence-corrected chi connectivity index (χ1v) is 3.49. The van der Waals surface area contributed by atoms with E-state index in [0.29, 0.717) is 0 Å². The highest BCUT2D eigenvalue weighted by atomic mass is 14.8. The summed E-state index contributed by atoms with van der Waals surface area (Å²) >= 11 is 0. The molecule has 0 unspecified atom stereocenters. The molecule has 0 aliphatic rings. The minimum absolute atomic E-state index is 0.829. The molecule has 0 aromatic heterocycles. The molecule has 0 aromatic carbocycles. The summed E-state index contributed by atoms with van der Waals surface area (Å²) in [5.41, 5.74) is 2.04. The van der Waals surface area contributed by atoms with E-state index in [2.05, 4.69) is 18.3 Å². The molecule has 0 spiro atoms. The summed E-state index contributed by atoms with van der Waals surface area (Å²) in [6.07, 6.45) is 0.959. The lowest BCUT2D eigenvalue weighted by Gasteiger charge is -2.02. The largest absolute Gasteiger partial charge is 0.316 e. The van der Waals surface area contributed by atoms with E-state index in [1.54, 1.807) is 0 Å². The van der Waals surface area contributed by atoms with Gasteiger partial charge in [0.05, 0.1) is 6.07 Å². The Morgan fingerprint density at radius 1 is 1.60 bits per heavy atom. The van der Waals surface area contributed by atoms with Gasteiger partial charge in [-0.3, -0.25) is 0 Å². The minimum Gasteiger partial charge on any atom is -0.316 e. The Bertz CT molecular complexity index is 163. The van der Waals surface area contributed by atoms with Crippen molar-refractivity contribution in [3.8, 4) is 6.07 Å². The highest BCUT2D eigenvalue weighted by Gasteiger charge is 1.96. The molecule has 0 rings (SSSR count). The first-order chi connectivity index (χ1) is 4.76. The number of nitrogens with one attached hydrogen (secondary N) is 1. The van der Waals surface area contributed by atoms with Crippen LogP contribution < -0.4 is 5.32 Å². The molecule has 0 saturated heterocycles. The fourth-order valence-electron chi connectivity index (χ4n) is 0.815. The van der Waals surface area contributed by atoms with E-state index in [-0.39, 0.29) is 0 Å². The van der Waals surface area contributed by atoms with Gasteiger partial charge in [0, 0.05) is 12.1 Å². The van der Waals surface area contributed by atoms with Crippen molar-refractivity contribution in [1.29, 1.82) is 5.26 Å². The molecule has 1 N–H and O–H groups in total. The molecular weight excluding hydrogens is 124 g/mol. The van der Waals surface area contributed by atoms with Crippen LogP contribution in [0.1, 0.15) is 20.3 Å². The number of nitrogens with zero attached hydrogens (tertiary/aromatic N) is 1. The third-order valence-corrected chi connectivity index (χ3v) is 1.51. The number of likely N-dealkylation sites (N-methyl/N-ethyl adjacent to an activating group) is 1. The third kappa shape index (κ3) is 2.65. The number of rotatable bonds is 3. The van der Waals surface area contributed by atoms with E-state index in [0.717, 1.165) is 18.5 Å². The Labute approximate surface area is 62.5 Å². The zero-order valence-electron chi connectivity index (χ0n) is 6.86. The maximum absolute atomic E-state index is 8.53. The van der Waals surface area contributed by atoms with Gasteiger partial charge in [0.25, 0.3) is 0 Å². The molecule has 0 bridgehead atoms. The Morgan fingerprint density at radius 2 is 2.20 bits per heavy atom. The van der Waals surface area contributed by atoms with Crippen LogP contribution in [0.25, 0.3) is 0 Å². The van der Waals surface area contributed by atoms with E-state index in [4.69, 9.17) is 5.26 Å². The van der Waals surface area contributed by atoms with Crippen LogP contribution in [0.15, 0.2) is 11.1 Å². The summed E-state index contributed by atoms with van der Waals surface area (Å²) in [5.74, 6) is 0. The lowest BCUT2D eigenvalue weighted by Crippen LogP contribution is -2.11. The smallest absolute Gasteiger partial charge is 0.0944 e. The molecule has 56 valence electrons. The summed E-state index contributed by atoms with van der Waals surface area (Å²) < 4.78 is 0. The fraction of sp³-hybridized carbons (Fsp3) is 0.625. The predicted molar refractivity (Wildman–Crippen MR) is 42.5 cm³/mol. The number of hydrogen-bond acceptors (Lipinski definition) is 2. The van der Waals surface area contributed by atoms with Crippen LogP contribution in [0.2, 0.25) is 0 Å². The predicted octanol–water partition coefficient (Wildman–Crippen LogP) is 1.46. The fourth-order valence-corrected chi connectivity index (χ4v) is 0.815. The van der Waals surface area contributed by atoms with Crippen molar-refractivity contribution in [3.05, 3.63) is 11.1 Å². The molecule has 2 nitrogen and oxygen atoms in total. The van der Waals surface area contributed by atoms with Crippen molar-refractivity contribution in [2.75, 3.05) is 13.6 Å². The van der Waals surface area contributed by atoms with Gasteiger partial charge in [0.15, 0.2) is 0 Å². The second-order valence-electron chi connectivity index (χ2n) is 2.22. The van der Waals surface area contributed by atoms with Gasteiger partial charge in [-0.15, -0.1) is 0 Å². The van der Waals surface area contributed by atoms with Crippen LogP contribution in [0, 0.1) is 11.3 Å². The zero-order chi connectivity index (χ0) is 7.98. The summed E-state index contributed by atoms with van der Waals surface area (Å²) in [7, 11) is 1.89. The van der Waals surface area contributed by atoms with E-state index < -0.39 is 0 Å². The van der Waals surface area contributed by atoms with Crippen LogP contribution in [-0.2, 0) is 0 Å². The second-order valence-corrected chi connectivity index (χ2v) is 2.22. The Balaban J connectivity index is 4.18. The van der Waals surface area contributed by atoms with Crippen LogP contribution >= 0.6 is 0 Å². The van der Waals surface area contributed by atoms with Crippen molar-refractivity contribution in [3.63, 3.8) is 0 Å². The van der Waals surface area contributed by atoms with Gasteiger partial charge in [-0.25, -0.2) is 0 Å². The average molecular weight is 138 g/mol. The van der Waals surface area contributed by atoms with Crippen molar-refractivity contribution < 1.29 is 0 Å². The molecule has 2 heteroatoms. The number of hydrogen-bond donors (Lipinski definition) is 1. The van der Waals surface area contributed by atoms with Gasteiger partial charge in [0.1, 0.15) is 0 Å². The van der Waals surface area contributed by atoms with Crippen LogP contribution in [0.5, 0.6) is 0 Å². The lowest BCUT2D eigenvalue weighted by molar-refractivity contribution is 0.837. The Hall–Kier alpha value is -0.810. The van der Waals surface area contributed by atoms with Gasteiger partial charge in [-0.1, -0.05) is 6.92 Å². The lowest BCUT2D eigenvalue weighted by atomic mass is 10.1. The topological polar surface area (TPSA) is 35.8 Å². The highest BCUT2D eigenvalue weighted by Crippen LogP contribution is 2.05. The Morgan fingerprint density at radius 3 is 2.50 bits per heavy atom. The standard InChI is InChI=1S/C8H14N2/c1-4-8(6-10-3)7(2)5-9/h10H,4,6H2,1-3H3/b8-7-. The second kappa shape index (κ2) is 5.01. The molecule has 0 radical (unpaired) electrons. The highest BCUT2D eigenvalue weighted by molar-refractivity contribution is 5.26. The first-order valence-electron chi connectivity index (χ1n) is 3.49. The molecule has 10 heavy (non-hydrogen) atoms. The molecule has 0 aliphatic carbocycles. The normalized spacial score (nSPS) is 12.2. The van der Waals surface area contributed by atoms with E-state index in [1.807, 2.05) is 14.0 Å². The first kappa shape index (κ1) is 9.19. The average Bonchev–Trinajstić information content (AvgIpc) is 1.99. The molecule has 0 saturated carbocycles. The summed E-state index contributed by atoms with van der Waals surface area (Å²) in [6.45, 7) is 4.75. The SMILES string of the molecule is CC/C(CNC)=C(\C)C#N. The maximum atomic E-state index is 8.53. The molecule has 0 aromatic rings. The van der Waals surface area contributed by atoms with Gasteiger partial charge < -0.3 is 5.32 Å². The monoisotopic (exact) mass is 138 g/mol. The molecule has 0 fully saturated rings. The summed E-state index contributed by atoms with van der Waals surface area (Å²) in [4.78, 5) is 0. The molecule has 0 amide bonds. The quantitative estimate of drug-likeness (QED) is 0.599. The van der Waals surface area contributed by atoms with E-state index >= 15 is 0 Å². The number of nitriles is 1. The van der Waals surface area contributed by atoms with Gasteiger partial charge in [-0.05, 0) is 26.0 Å². The molecule has 0 atom stereocenters. The van der Waals surface area contributed by atoms with Crippen molar-refractivity contribution in [2.45, 2.75) is 20.3 Å².